The van der Waals surface area contributed by atoms with E-state index in [1.807, 2.05) is 0 Å². The van der Waals surface area contributed by atoms with E-state index in [1.165, 1.54) is 18.2 Å². The summed E-state index contributed by atoms with van der Waals surface area (Å²) >= 11 is 11.3. The number of carbonyl (C=O) groups is 2. The van der Waals surface area contributed by atoms with Crippen molar-refractivity contribution in [1.82, 2.24) is 0 Å². The van der Waals surface area contributed by atoms with Crippen molar-refractivity contribution in [2.75, 3.05) is 0 Å². The zero-order valence-corrected chi connectivity index (χ0v) is 11.8. The normalized spacial score (nSPS) is 9.69. The molecule has 0 heterocycles. The maximum Gasteiger partial charge on any atom is 1.00 e. The summed E-state index contributed by atoms with van der Waals surface area (Å²) in [5.74, 6) is -4.57. The zero-order chi connectivity index (χ0) is 11.6. The molecule has 7 heteroatoms. The monoisotopic (exact) mass is 272 g/mol. The first-order valence-electron chi connectivity index (χ1n) is 3.83. The summed E-state index contributed by atoms with van der Waals surface area (Å²) in [6.45, 7) is 0. The summed E-state index contributed by atoms with van der Waals surface area (Å²) in [6, 6.07) is 3.92. The Morgan fingerprint density at radius 3 is 1.75 bits per heavy atom. The molecule has 0 fully saturated rings. The van der Waals surface area contributed by atoms with Crippen LogP contribution in [0.4, 0.5) is 0 Å². The Balaban J connectivity index is 0. The number of carboxylic acids is 2. The molecule has 16 heavy (non-hydrogen) atoms. The maximum absolute atomic E-state index is 10.7. The van der Waals surface area contributed by atoms with Gasteiger partial charge in [0.2, 0.25) is 0 Å². The summed E-state index contributed by atoms with van der Waals surface area (Å²) < 4.78 is 0. The Kier molecular flexibility index (Phi) is 6.36. The molecule has 0 radical (unpaired) electrons. The zero-order valence-electron chi connectivity index (χ0n) is 9.28. The van der Waals surface area contributed by atoms with Gasteiger partial charge in [-0.15, -0.1) is 0 Å². The van der Waals surface area contributed by atoms with Crippen LogP contribution in [0.5, 0.6) is 0 Å². The Morgan fingerprint density at radius 1 is 1.06 bits per heavy atom. The minimum atomic E-state index is -1.65. The van der Waals surface area contributed by atoms with Gasteiger partial charge in [-0.05, 0) is 23.8 Å². The van der Waals surface area contributed by atoms with Crippen LogP contribution in [-0.2, 0) is 9.59 Å². The maximum atomic E-state index is 10.7. The molecule has 0 unspecified atom stereocenters. The first-order chi connectivity index (χ1) is 6.91. The van der Waals surface area contributed by atoms with Crippen LogP contribution in [0.1, 0.15) is 12.9 Å². The number of rotatable bonds is 3. The molecule has 1 aromatic rings. The second kappa shape index (κ2) is 6.47. The Bertz CT molecular complexity index is 393. The van der Waals surface area contributed by atoms with E-state index < -0.39 is 17.9 Å². The predicted octanol–water partition coefficient (Wildman–Crippen LogP) is -0.637. The summed E-state index contributed by atoms with van der Waals surface area (Å²) in [5, 5.41) is 17.8. The second-order valence-electron chi connectivity index (χ2n) is 2.81. The number of aliphatic carboxylic acids is 2. The van der Waals surface area contributed by atoms with Crippen molar-refractivity contribution in [3.8, 4) is 0 Å². The first-order valence-corrected chi connectivity index (χ1v) is 4.59. The topological polar surface area (TPSA) is 74.6 Å². The van der Waals surface area contributed by atoms with E-state index in [-0.39, 0.29) is 46.6 Å². The molecule has 0 aliphatic rings. The van der Waals surface area contributed by atoms with E-state index in [1.54, 1.807) is 0 Å². The quantitative estimate of drug-likeness (QED) is 0.567. The van der Waals surface area contributed by atoms with Crippen LogP contribution in [0.3, 0.4) is 0 Å². The molecule has 0 spiro atoms. The van der Waals surface area contributed by atoms with E-state index >= 15 is 0 Å². The van der Waals surface area contributed by atoms with Crippen molar-refractivity contribution in [2.24, 2.45) is 0 Å². The molecule has 0 saturated carbocycles. The molecule has 0 atom stereocenters. The predicted molar refractivity (Wildman–Crippen MR) is 55.6 cm³/mol. The third kappa shape index (κ3) is 3.96. The number of benzene rings is 1. The molecule has 0 bridgehead atoms. The van der Waals surface area contributed by atoms with Crippen molar-refractivity contribution in [1.29, 1.82) is 0 Å². The number of hydrogen-bond donors (Lipinski definition) is 2. The van der Waals surface area contributed by atoms with Crippen molar-refractivity contribution in [3.63, 3.8) is 0 Å². The van der Waals surface area contributed by atoms with Gasteiger partial charge < -0.3 is 11.6 Å². The average molecular weight is 273 g/mol. The van der Waals surface area contributed by atoms with E-state index in [2.05, 4.69) is 0 Å². The molecule has 1 aromatic carbocycles. The minimum absolute atomic E-state index is 0. The fourth-order valence-electron chi connectivity index (χ4n) is 1.13. The third-order valence-electron chi connectivity index (χ3n) is 1.71. The van der Waals surface area contributed by atoms with E-state index in [0.717, 1.165) is 0 Å². The van der Waals surface area contributed by atoms with Crippen LogP contribution >= 0.6 is 23.2 Å². The van der Waals surface area contributed by atoms with Gasteiger partial charge in [-0.25, -0.2) is 0 Å². The van der Waals surface area contributed by atoms with Crippen LogP contribution in [-0.4, -0.2) is 22.2 Å². The smallest absolute Gasteiger partial charge is 1.00 e. The Morgan fingerprint density at radius 2 is 1.44 bits per heavy atom. The van der Waals surface area contributed by atoms with Gasteiger partial charge in [0.25, 0.3) is 0 Å². The van der Waals surface area contributed by atoms with E-state index in [0.29, 0.717) is 0 Å². The molecule has 0 aliphatic carbocycles. The molecule has 1 rings (SSSR count). The van der Waals surface area contributed by atoms with Gasteiger partial charge in [0.1, 0.15) is 0 Å². The van der Waals surface area contributed by atoms with Gasteiger partial charge in [-0.2, -0.15) is 0 Å². The third-order valence-corrected chi connectivity index (χ3v) is 2.15. The SMILES string of the molecule is O=C(O)C(C(=O)O)c1cc(Cl)cc(Cl)c1.[H-].[Na+]. The van der Waals surface area contributed by atoms with Crippen molar-refractivity contribution >= 4 is 35.1 Å². The molecule has 82 valence electrons. The molecule has 0 aliphatic heterocycles. The Labute approximate surface area is 125 Å². The van der Waals surface area contributed by atoms with E-state index in [9.17, 15) is 9.59 Å². The van der Waals surface area contributed by atoms with Crippen LogP contribution in [0.2, 0.25) is 10.0 Å². The number of halogens is 2. The number of carboxylic acid groups (broad SMARTS) is 2. The second-order valence-corrected chi connectivity index (χ2v) is 3.69. The van der Waals surface area contributed by atoms with Crippen LogP contribution in [0.15, 0.2) is 18.2 Å². The fourth-order valence-corrected chi connectivity index (χ4v) is 1.68. The number of hydrogen-bond acceptors (Lipinski definition) is 2. The van der Waals surface area contributed by atoms with Gasteiger partial charge in [-0.3, -0.25) is 9.59 Å². The molecular weight excluding hydrogens is 266 g/mol. The van der Waals surface area contributed by atoms with Gasteiger partial charge in [0.15, 0.2) is 5.92 Å². The van der Waals surface area contributed by atoms with Gasteiger partial charge in [0.05, 0.1) is 0 Å². The molecule has 4 nitrogen and oxygen atoms in total. The average Bonchev–Trinajstić information content (AvgIpc) is 1.99. The molecule has 2 N–H and O–H groups in total. The largest absolute Gasteiger partial charge is 1.00 e. The summed E-state index contributed by atoms with van der Waals surface area (Å²) in [5.41, 5.74) is 0.0486. The molecule has 0 aromatic heterocycles. The first kappa shape index (κ1) is 15.7. The van der Waals surface area contributed by atoms with Crippen LogP contribution in [0.25, 0.3) is 0 Å². The van der Waals surface area contributed by atoms with Gasteiger partial charge in [-0.1, -0.05) is 23.2 Å². The summed E-state index contributed by atoms with van der Waals surface area (Å²) in [4.78, 5) is 21.4. The molecule has 0 amide bonds. The van der Waals surface area contributed by atoms with Crippen LogP contribution < -0.4 is 29.6 Å². The summed E-state index contributed by atoms with van der Waals surface area (Å²) in [6.07, 6.45) is 0. The van der Waals surface area contributed by atoms with Crippen LogP contribution in [0, 0.1) is 0 Å². The van der Waals surface area contributed by atoms with E-state index in [4.69, 9.17) is 33.4 Å². The van der Waals surface area contributed by atoms with Crippen molar-refractivity contribution < 1.29 is 50.8 Å². The summed E-state index contributed by atoms with van der Waals surface area (Å²) in [7, 11) is 0. The Hall–Kier alpha value is -0.260. The van der Waals surface area contributed by atoms with Crippen molar-refractivity contribution in [3.05, 3.63) is 33.8 Å². The standard InChI is InChI=1S/C9H6Cl2O4.Na.H/c10-5-1-4(2-6(11)3-5)7(8(12)13)9(14)15;;/h1-3,7H,(H,12,13)(H,14,15);;/q;+1;-1. The van der Waals surface area contributed by atoms with Gasteiger partial charge >= 0.3 is 41.5 Å². The fraction of sp³-hybridized carbons (Fsp3) is 0.111. The molecule has 0 saturated heterocycles. The molecular formula is C9H7Cl2NaO4. The minimum Gasteiger partial charge on any atom is -1.00 e. The van der Waals surface area contributed by atoms with Gasteiger partial charge in [0, 0.05) is 10.0 Å². The van der Waals surface area contributed by atoms with Crippen molar-refractivity contribution in [2.45, 2.75) is 5.92 Å².